The maximum Gasteiger partial charge on any atom is 0.276 e. The van der Waals surface area contributed by atoms with Gasteiger partial charge in [0.05, 0.1) is 5.69 Å². The number of nitrogens with two attached hydrogens (primary N) is 1. The first-order valence-electron chi connectivity index (χ1n) is 6.18. The lowest BCUT2D eigenvalue weighted by Gasteiger charge is -2.15. The summed E-state index contributed by atoms with van der Waals surface area (Å²) in [6.07, 6.45) is 5.01. The average molecular weight is 238 g/mol. The first-order valence-corrected chi connectivity index (χ1v) is 6.18. The minimum absolute atomic E-state index is 0.0918. The molecule has 0 spiro atoms. The van der Waals surface area contributed by atoms with Crippen LogP contribution in [0.3, 0.4) is 0 Å². The van der Waals surface area contributed by atoms with Gasteiger partial charge in [0, 0.05) is 26.3 Å². The van der Waals surface area contributed by atoms with Crippen LogP contribution in [0, 0.1) is 0 Å². The predicted molar refractivity (Wildman–Crippen MR) is 68.8 cm³/mol. The summed E-state index contributed by atoms with van der Waals surface area (Å²) in [5.74, 6) is -0.0918. The zero-order valence-corrected chi connectivity index (χ0v) is 10.9. The highest BCUT2D eigenvalue weighted by atomic mass is 16.2. The van der Waals surface area contributed by atoms with Gasteiger partial charge in [0.15, 0.2) is 5.69 Å². The average Bonchev–Trinajstić information content (AvgIpc) is 2.69. The molecule has 5 nitrogen and oxygen atoms in total. The fourth-order valence-corrected chi connectivity index (χ4v) is 1.65. The molecule has 0 aromatic carbocycles. The molecule has 2 N–H and O–H groups in total. The van der Waals surface area contributed by atoms with E-state index in [4.69, 9.17) is 5.73 Å². The normalized spacial score (nSPS) is 10.5. The molecule has 0 bridgehead atoms. The van der Waals surface area contributed by atoms with Crippen LogP contribution in [0.25, 0.3) is 0 Å². The number of nitrogens with zero attached hydrogens (tertiary/aromatic N) is 3. The summed E-state index contributed by atoms with van der Waals surface area (Å²) in [6.45, 7) is 5.58. The van der Waals surface area contributed by atoms with Crippen LogP contribution in [0.5, 0.6) is 0 Å². The summed E-state index contributed by atoms with van der Waals surface area (Å²) in [4.78, 5) is 13.7. The van der Waals surface area contributed by atoms with Crippen LogP contribution in [0.2, 0.25) is 0 Å². The topological polar surface area (TPSA) is 64.2 Å². The third-order valence-electron chi connectivity index (χ3n) is 2.76. The molecule has 17 heavy (non-hydrogen) atoms. The fraction of sp³-hybridized carbons (Fsp3) is 0.667. The summed E-state index contributed by atoms with van der Waals surface area (Å²) < 4.78 is 1.68. The molecule has 1 aromatic rings. The van der Waals surface area contributed by atoms with E-state index >= 15 is 0 Å². The van der Waals surface area contributed by atoms with Gasteiger partial charge in [-0.05, 0) is 13.3 Å². The van der Waals surface area contributed by atoms with Crippen molar-refractivity contribution in [1.82, 2.24) is 14.7 Å². The summed E-state index contributed by atoms with van der Waals surface area (Å²) in [6, 6.07) is 0. The Bertz CT molecular complexity index is 373. The van der Waals surface area contributed by atoms with Crippen LogP contribution in [-0.4, -0.2) is 34.2 Å². The number of hydrogen-bond acceptors (Lipinski definition) is 3. The van der Waals surface area contributed by atoms with E-state index in [1.807, 2.05) is 6.92 Å². The van der Waals surface area contributed by atoms with Crippen molar-refractivity contribution in [2.24, 2.45) is 0 Å². The molecule has 1 rings (SSSR count). The van der Waals surface area contributed by atoms with Crippen LogP contribution in [0.15, 0.2) is 6.20 Å². The fourth-order valence-electron chi connectivity index (χ4n) is 1.65. The molecule has 0 saturated carbocycles. The molecular formula is C12H22N4O. The van der Waals surface area contributed by atoms with E-state index < -0.39 is 0 Å². The number of aryl methyl sites for hydroxylation is 1. The molecule has 0 aliphatic carbocycles. The third-order valence-corrected chi connectivity index (χ3v) is 2.76. The van der Waals surface area contributed by atoms with Gasteiger partial charge in [-0.15, -0.1) is 0 Å². The lowest BCUT2D eigenvalue weighted by molar-refractivity contribution is 0.0787. The van der Waals surface area contributed by atoms with Crippen LogP contribution in [0.4, 0.5) is 5.69 Å². The number of unbranched alkanes of at least 4 members (excludes halogenated alkanes) is 2. The molecule has 0 aliphatic rings. The summed E-state index contributed by atoms with van der Waals surface area (Å²) in [5.41, 5.74) is 6.60. The number of aromatic nitrogens is 2. The maximum absolute atomic E-state index is 12.1. The highest BCUT2D eigenvalue weighted by Crippen LogP contribution is 2.12. The van der Waals surface area contributed by atoms with Crippen molar-refractivity contribution in [3.05, 3.63) is 11.9 Å². The van der Waals surface area contributed by atoms with Crippen LogP contribution in [0.1, 0.15) is 43.6 Å². The molecule has 5 heteroatoms. The quantitative estimate of drug-likeness (QED) is 0.768. The Hall–Kier alpha value is -1.52. The van der Waals surface area contributed by atoms with Gasteiger partial charge in [-0.25, -0.2) is 0 Å². The third kappa shape index (κ3) is 3.47. The Kier molecular flexibility index (Phi) is 5.00. The summed E-state index contributed by atoms with van der Waals surface area (Å²) >= 11 is 0. The summed E-state index contributed by atoms with van der Waals surface area (Å²) in [5, 5.41) is 4.18. The van der Waals surface area contributed by atoms with E-state index in [-0.39, 0.29) is 5.91 Å². The van der Waals surface area contributed by atoms with Gasteiger partial charge in [0.2, 0.25) is 0 Å². The molecule has 0 saturated heterocycles. The minimum atomic E-state index is -0.0918. The standard InChI is InChI=1S/C12H22N4O/c1-4-6-7-8-15(3)12(17)11-10(13)9-16(5-2)14-11/h9H,4-8,13H2,1-3H3. The smallest absolute Gasteiger partial charge is 0.276 e. The number of amides is 1. The Balaban J connectivity index is 2.64. The van der Waals surface area contributed by atoms with Gasteiger partial charge in [-0.1, -0.05) is 19.8 Å². The van der Waals surface area contributed by atoms with E-state index in [1.54, 1.807) is 22.8 Å². The molecule has 1 aromatic heterocycles. The van der Waals surface area contributed by atoms with Crippen LogP contribution >= 0.6 is 0 Å². The maximum atomic E-state index is 12.1. The number of hydrogen-bond donors (Lipinski definition) is 1. The predicted octanol–water partition coefficient (Wildman–Crippen LogP) is 1.75. The van der Waals surface area contributed by atoms with E-state index in [9.17, 15) is 4.79 Å². The van der Waals surface area contributed by atoms with E-state index in [0.717, 1.165) is 32.4 Å². The van der Waals surface area contributed by atoms with Gasteiger partial charge >= 0.3 is 0 Å². The molecule has 1 amide bonds. The second-order valence-corrected chi connectivity index (χ2v) is 4.22. The van der Waals surface area contributed by atoms with Crippen molar-refractivity contribution < 1.29 is 4.79 Å². The number of nitrogen functional groups attached to an aromatic ring is 1. The Morgan fingerprint density at radius 1 is 1.47 bits per heavy atom. The summed E-state index contributed by atoms with van der Waals surface area (Å²) in [7, 11) is 1.79. The van der Waals surface area contributed by atoms with Crippen molar-refractivity contribution >= 4 is 11.6 Å². The molecule has 0 unspecified atom stereocenters. The zero-order valence-electron chi connectivity index (χ0n) is 10.9. The van der Waals surface area contributed by atoms with Gasteiger partial charge in [0.25, 0.3) is 5.91 Å². The van der Waals surface area contributed by atoms with Crippen molar-refractivity contribution in [3.63, 3.8) is 0 Å². The highest BCUT2D eigenvalue weighted by molar-refractivity contribution is 5.96. The molecular weight excluding hydrogens is 216 g/mol. The SMILES string of the molecule is CCCCCN(C)C(=O)c1nn(CC)cc1N. The molecule has 1 heterocycles. The number of rotatable bonds is 6. The Morgan fingerprint density at radius 3 is 2.71 bits per heavy atom. The van der Waals surface area contributed by atoms with Gasteiger partial charge in [0.1, 0.15) is 0 Å². The molecule has 0 aliphatic heterocycles. The highest BCUT2D eigenvalue weighted by Gasteiger charge is 2.18. The molecule has 0 atom stereocenters. The van der Waals surface area contributed by atoms with Crippen molar-refractivity contribution in [3.8, 4) is 0 Å². The van der Waals surface area contributed by atoms with E-state index in [0.29, 0.717) is 11.4 Å². The first-order chi connectivity index (χ1) is 8.10. The van der Waals surface area contributed by atoms with Crippen molar-refractivity contribution in [2.75, 3.05) is 19.3 Å². The Labute approximate surface area is 103 Å². The van der Waals surface area contributed by atoms with E-state index in [2.05, 4.69) is 12.0 Å². The monoisotopic (exact) mass is 238 g/mol. The minimum Gasteiger partial charge on any atom is -0.396 e. The Morgan fingerprint density at radius 2 is 2.18 bits per heavy atom. The van der Waals surface area contributed by atoms with Crippen LogP contribution < -0.4 is 5.73 Å². The molecule has 0 fully saturated rings. The van der Waals surface area contributed by atoms with Gasteiger partial charge in [-0.3, -0.25) is 9.48 Å². The number of anilines is 1. The van der Waals surface area contributed by atoms with E-state index in [1.165, 1.54) is 0 Å². The van der Waals surface area contributed by atoms with Gasteiger partial charge in [-0.2, -0.15) is 5.10 Å². The molecule has 96 valence electrons. The zero-order chi connectivity index (χ0) is 12.8. The lowest BCUT2D eigenvalue weighted by Crippen LogP contribution is -2.28. The lowest BCUT2D eigenvalue weighted by atomic mass is 10.2. The largest absolute Gasteiger partial charge is 0.396 e. The van der Waals surface area contributed by atoms with Crippen molar-refractivity contribution in [1.29, 1.82) is 0 Å². The second kappa shape index (κ2) is 6.27. The molecule has 0 radical (unpaired) electrons. The van der Waals surface area contributed by atoms with Crippen LogP contribution in [-0.2, 0) is 6.54 Å². The first kappa shape index (κ1) is 13.5. The number of carbonyl (C=O) groups is 1. The second-order valence-electron chi connectivity index (χ2n) is 4.22. The number of carbonyl (C=O) groups excluding carboxylic acids is 1. The van der Waals surface area contributed by atoms with Gasteiger partial charge < -0.3 is 10.6 Å². The van der Waals surface area contributed by atoms with Crippen molar-refractivity contribution in [2.45, 2.75) is 39.7 Å².